The molecule has 0 rings (SSSR count). The lowest BCUT2D eigenvalue weighted by atomic mass is 10.1. The summed E-state index contributed by atoms with van der Waals surface area (Å²) in [7, 11) is 0. The molecule has 0 aliphatic carbocycles. The number of allylic oxidation sites excluding steroid dienone is 3. The zero-order valence-corrected chi connectivity index (χ0v) is 44.1. The number of unbranched alkanes of at least 4 members (excludes halogenated alkanes) is 24. The molecule has 0 bridgehead atoms. The fourth-order valence-electron chi connectivity index (χ4n) is 8.10. The molecule has 0 radical (unpaired) electrons. The van der Waals surface area contributed by atoms with Crippen molar-refractivity contribution >= 4 is 17.9 Å². The quantitative estimate of drug-likeness (QED) is 0.0146. The van der Waals surface area contributed by atoms with Gasteiger partial charge in [-0.3, -0.25) is 14.4 Å². The number of carbonyl (C=O) groups is 3. The van der Waals surface area contributed by atoms with Crippen LogP contribution in [0.15, 0.2) is 36.5 Å². The number of rotatable bonds is 50. The number of hydrogen-bond donors (Lipinski definition) is 6. The minimum absolute atomic E-state index is 0.149. The van der Waals surface area contributed by atoms with E-state index in [1.165, 1.54) is 38.5 Å². The van der Waals surface area contributed by atoms with Crippen LogP contribution in [-0.4, -0.2) is 85.2 Å². The van der Waals surface area contributed by atoms with E-state index in [4.69, 9.17) is 14.2 Å². The first kappa shape index (κ1) is 66.4. The molecular formula is C57H104O12. The average molecular weight is 981 g/mol. The first-order valence-corrected chi connectivity index (χ1v) is 28.1. The van der Waals surface area contributed by atoms with E-state index in [1.807, 2.05) is 18.2 Å². The number of aliphatic hydroxyl groups excluding tert-OH is 4. The molecule has 0 saturated carbocycles. The Balaban J connectivity index is 5.02. The van der Waals surface area contributed by atoms with Gasteiger partial charge in [-0.25, -0.2) is 0 Å². The summed E-state index contributed by atoms with van der Waals surface area (Å²) in [4.78, 5) is 39.0. The molecule has 69 heavy (non-hydrogen) atoms. The van der Waals surface area contributed by atoms with Gasteiger partial charge in [-0.05, 0) is 96.3 Å². The highest BCUT2D eigenvalue weighted by Gasteiger charge is 2.61. The monoisotopic (exact) mass is 981 g/mol. The van der Waals surface area contributed by atoms with Gasteiger partial charge >= 0.3 is 29.7 Å². The fourth-order valence-corrected chi connectivity index (χ4v) is 8.10. The summed E-state index contributed by atoms with van der Waals surface area (Å²) in [5.74, 6) is -9.69. The van der Waals surface area contributed by atoms with Crippen molar-refractivity contribution in [1.82, 2.24) is 0 Å². The van der Waals surface area contributed by atoms with Crippen molar-refractivity contribution in [2.24, 2.45) is 0 Å². The average Bonchev–Trinajstić information content (AvgIpc) is 3.32. The number of hydrogen-bond acceptors (Lipinski definition) is 12. The molecule has 0 aliphatic rings. The van der Waals surface area contributed by atoms with Gasteiger partial charge in [0.25, 0.3) is 0 Å². The molecule has 0 aromatic carbocycles. The summed E-state index contributed by atoms with van der Waals surface area (Å²) in [6.07, 6.45) is 43.6. The van der Waals surface area contributed by atoms with Crippen LogP contribution in [-0.2, 0) is 28.6 Å². The Labute approximate surface area is 420 Å². The van der Waals surface area contributed by atoms with E-state index in [2.05, 4.69) is 39.0 Å². The summed E-state index contributed by atoms with van der Waals surface area (Å²) < 4.78 is 15.5. The van der Waals surface area contributed by atoms with Crippen LogP contribution in [0.1, 0.15) is 271 Å². The largest absolute Gasteiger partial charge is 0.446 e. The Morgan fingerprint density at radius 1 is 0.391 bits per heavy atom. The molecule has 0 spiro atoms. The van der Waals surface area contributed by atoms with Crippen LogP contribution < -0.4 is 0 Å². The minimum Gasteiger partial charge on any atom is -0.420 e. The highest BCUT2D eigenvalue weighted by atomic mass is 16.9. The summed E-state index contributed by atoms with van der Waals surface area (Å²) in [5, 5.41) is 63.5. The highest BCUT2D eigenvalue weighted by molar-refractivity contribution is 5.73. The van der Waals surface area contributed by atoms with Gasteiger partial charge in [0.1, 0.15) is 6.61 Å². The second-order valence-electron chi connectivity index (χ2n) is 19.5. The molecule has 0 aromatic heterocycles. The molecule has 6 N–H and O–H groups in total. The normalized spacial score (nSPS) is 15.1. The van der Waals surface area contributed by atoms with Crippen molar-refractivity contribution < 1.29 is 59.2 Å². The molecule has 0 aromatic rings. The van der Waals surface area contributed by atoms with Crippen molar-refractivity contribution in [3.63, 3.8) is 0 Å². The van der Waals surface area contributed by atoms with Crippen LogP contribution >= 0.6 is 0 Å². The van der Waals surface area contributed by atoms with Gasteiger partial charge in [-0.2, -0.15) is 0 Å². The van der Waals surface area contributed by atoms with E-state index in [1.54, 1.807) is 0 Å². The van der Waals surface area contributed by atoms with Crippen molar-refractivity contribution in [2.75, 3.05) is 6.61 Å². The number of aliphatic hydroxyl groups is 6. The predicted octanol–water partition coefficient (Wildman–Crippen LogP) is 13.0. The van der Waals surface area contributed by atoms with E-state index in [0.717, 1.165) is 135 Å². The molecule has 0 saturated heterocycles. The Kier molecular flexibility index (Phi) is 44.7. The number of esters is 3. The third-order valence-corrected chi connectivity index (χ3v) is 12.6. The van der Waals surface area contributed by atoms with E-state index in [9.17, 15) is 45.0 Å². The summed E-state index contributed by atoms with van der Waals surface area (Å²) >= 11 is 0. The number of carbonyl (C=O) groups excluding carboxylic acids is 3. The Hall–Kier alpha value is -2.61. The molecule has 404 valence electrons. The smallest absolute Gasteiger partial charge is 0.420 e. The van der Waals surface area contributed by atoms with E-state index < -0.39 is 36.3 Å². The molecule has 4 unspecified atom stereocenters. The zero-order chi connectivity index (χ0) is 51.1. The van der Waals surface area contributed by atoms with E-state index in [0.29, 0.717) is 57.8 Å². The Bertz CT molecular complexity index is 1240. The summed E-state index contributed by atoms with van der Waals surface area (Å²) in [5.41, 5.74) is 0. The lowest BCUT2D eigenvalue weighted by Gasteiger charge is -2.38. The predicted molar refractivity (Wildman–Crippen MR) is 278 cm³/mol. The lowest BCUT2D eigenvalue weighted by molar-refractivity contribution is -0.448. The van der Waals surface area contributed by atoms with Crippen molar-refractivity contribution in [3.8, 4) is 0 Å². The maximum absolute atomic E-state index is 13.0. The van der Waals surface area contributed by atoms with Crippen LogP contribution in [0.25, 0.3) is 0 Å². The van der Waals surface area contributed by atoms with Gasteiger partial charge in [-0.1, -0.05) is 192 Å². The second-order valence-corrected chi connectivity index (χ2v) is 19.5. The van der Waals surface area contributed by atoms with Gasteiger partial charge in [0.05, 0.1) is 18.3 Å². The molecule has 4 atom stereocenters. The fraction of sp³-hybridized carbons (Fsp3) is 0.842. The molecule has 0 amide bonds. The standard InChI is InChI=1S/C57H104O12/c1-4-7-10-31-40-50(59)43-34-25-19-13-16-22-28-37-46-53(62)67-56(65,49-58)57(66,68-54(63)47-38-29-23-17-14-20-26-35-44-51(60)41-32-11-8-5-2)69-55(64)48-39-30-24-18-15-21-27-36-45-52(61)42-33-12-9-6-3/h25-27,34-36,50-52,58-61,65-66H,4-24,28-33,37-49H2,1-3H3/b34-25-,35-26-,36-27-. The van der Waals surface area contributed by atoms with Gasteiger partial charge < -0.3 is 44.8 Å². The summed E-state index contributed by atoms with van der Waals surface area (Å²) in [6, 6.07) is 0. The van der Waals surface area contributed by atoms with E-state index >= 15 is 0 Å². The number of ether oxygens (including phenoxy) is 3. The zero-order valence-electron chi connectivity index (χ0n) is 44.1. The first-order chi connectivity index (χ1) is 33.4. The van der Waals surface area contributed by atoms with Crippen LogP contribution in [0.2, 0.25) is 0 Å². The van der Waals surface area contributed by atoms with Crippen LogP contribution in [0.4, 0.5) is 0 Å². The van der Waals surface area contributed by atoms with Gasteiger partial charge in [0, 0.05) is 19.3 Å². The Morgan fingerprint density at radius 2 is 0.667 bits per heavy atom. The van der Waals surface area contributed by atoms with E-state index in [-0.39, 0.29) is 37.6 Å². The van der Waals surface area contributed by atoms with Gasteiger partial charge in [-0.15, -0.1) is 0 Å². The van der Waals surface area contributed by atoms with Crippen molar-refractivity contribution in [2.45, 2.75) is 301 Å². The van der Waals surface area contributed by atoms with Gasteiger partial charge in [0.15, 0.2) is 0 Å². The van der Waals surface area contributed by atoms with Crippen LogP contribution in [0.3, 0.4) is 0 Å². The third kappa shape index (κ3) is 39.7. The third-order valence-electron chi connectivity index (χ3n) is 12.6. The van der Waals surface area contributed by atoms with Crippen LogP contribution in [0.5, 0.6) is 0 Å². The SMILES string of the molecule is CCCCCCC(O)C/C=C\CCCCCCCC(=O)OC(O)(CO)C(O)(OC(=O)CCCCCCC/C=C\CC(O)CCCCCC)OC(=O)CCCCCCC/C=C\CC(O)CCCCCC. The molecule has 12 nitrogen and oxygen atoms in total. The summed E-state index contributed by atoms with van der Waals surface area (Å²) in [6.45, 7) is 5.11. The minimum atomic E-state index is -3.48. The van der Waals surface area contributed by atoms with Crippen molar-refractivity contribution in [3.05, 3.63) is 36.5 Å². The maximum Gasteiger partial charge on any atom is 0.446 e. The second kappa shape index (κ2) is 46.5. The molecule has 0 fully saturated rings. The molecular weight excluding hydrogens is 877 g/mol. The molecule has 0 aliphatic heterocycles. The molecule has 0 heterocycles. The van der Waals surface area contributed by atoms with Crippen LogP contribution in [0, 0.1) is 0 Å². The first-order valence-electron chi connectivity index (χ1n) is 28.1. The highest BCUT2D eigenvalue weighted by Crippen LogP contribution is 2.30. The maximum atomic E-state index is 13.0. The Morgan fingerprint density at radius 3 is 0.971 bits per heavy atom. The van der Waals surface area contributed by atoms with Gasteiger partial charge in [0.2, 0.25) is 0 Å². The molecule has 12 heteroatoms. The topological polar surface area (TPSA) is 200 Å². The lowest BCUT2D eigenvalue weighted by Crippen LogP contribution is -2.63. The van der Waals surface area contributed by atoms with Crippen molar-refractivity contribution in [1.29, 1.82) is 0 Å².